The summed E-state index contributed by atoms with van der Waals surface area (Å²) < 4.78 is 25.0. The molecule has 1 fully saturated rings. The average molecular weight is 526 g/mol. The van der Waals surface area contributed by atoms with Crippen LogP contribution in [0.4, 0.5) is 14.9 Å². The summed E-state index contributed by atoms with van der Waals surface area (Å²) in [5, 5.41) is 17.6. The highest BCUT2D eigenvalue weighted by Gasteiger charge is 2.29. The maximum absolute atomic E-state index is 15.5. The number of rotatable bonds is 2. The number of hydrogen-bond acceptors (Lipinski definition) is 6. The molecule has 6 rings (SSSR count). The lowest BCUT2D eigenvalue weighted by molar-refractivity contribution is 0.0240. The second-order valence-corrected chi connectivity index (χ2v) is 10.8. The molecule has 0 radical (unpaired) electrons. The van der Waals surface area contributed by atoms with Crippen molar-refractivity contribution in [1.29, 1.82) is 5.26 Å². The van der Waals surface area contributed by atoms with Crippen LogP contribution < -0.4 is 4.90 Å². The molecule has 9 nitrogen and oxygen atoms in total. The number of carbonyl (C=O) groups excluding carboxylic acids is 1. The van der Waals surface area contributed by atoms with Gasteiger partial charge in [0.2, 0.25) is 0 Å². The summed E-state index contributed by atoms with van der Waals surface area (Å²) in [4.78, 5) is 16.1. The van der Waals surface area contributed by atoms with Gasteiger partial charge in [-0.15, -0.1) is 10.2 Å². The third-order valence-electron chi connectivity index (χ3n) is 7.04. The number of hydrogen-bond donors (Lipinski definition) is 0. The number of aromatic nitrogens is 4. The zero-order chi connectivity index (χ0) is 27.3. The van der Waals surface area contributed by atoms with E-state index in [4.69, 9.17) is 10.00 Å². The monoisotopic (exact) mass is 525 g/mol. The van der Waals surface area contributed by atoms with E-state index in [1.165, 1.54) is 0 Å². The molecule has 39 heavy (non-hydrogen) atoms. The van der Waals surface area contributed by atoms with Crippen molar-refractivity contribution in [2.45, 2.75) is 32.9 Å². The molecule has 0 bridgehead atoms. The number of anilines is 1. The van der Waals surface area contributed by atoms with Gasteiger partial charge in [0.25, 0.3) is 0 Å². The van der Waals surface area contributed by atoms with E-state index in [2.05, 4.69) is 20.8 Å². The number of nitrogens with zero attached hydrogens (tertiary/aromatic N) is 7. The van der Waals surface area contributed by atoms with Crippen LogP contribution in [-0.2, 0) is 11.3 Å². The van der Waals surface area contributed by atoms with E-state index in [9.17, 15) is 4.79 Å². The highest BCUT2D eigenvalue weighted by Crippen LogP contribution is 2.36. The molecule has 0 atom stereocenters. The van der Waals surface area contributed by atoms with Crippen LogP contribution in [0.1, 0.15) is 31.9 Å². The van der Waals surface area contributed by atoms with Gasteiger partial charge in [0.05, 0.1) is 28.7 Å². The van der Waals surface area contributed by atoms with E-state index in [-0.39, 0.29) is 11.9 Å². The van der Waals surface area contributed by atoms with Crippen molar-refractivity contribution < 1.29 is 13.9 Å². The molecule has 2 aromatic heterocycles. The zero-order valence-electron chi connectivity index (χ0n) is 22.1. The molecular weight excluding hydrogens is 497 g/mol. The van der Waals surface area contributed by atoms with Crippen molar-refractivity contribution in [2.24, 2.45) is 0 Å². The summed E-state index contributed by atoms with van der Waals surface area (Å²) in [6.07, 6.45) is 3.31. The summed E-state index contributed by atoms with van der Waals surface area (Å²) >= 11 is 0. The van der Waals surface area contributed by atoms with Gasteiger partial charge in [-0.05, 0) is 56.2 Å². The minimum atomic E-state index is -0.560. The van der Waals surface area contributed by atoms with Gasteiger partial charge in [-0.3, -0.25) is 4.57 Å². The number of benzene rings is 2. The molecule has 0 aliphatic carbocycles. The maximum atomic E-state index is 15.5. The topological polar surface area (TPSA) is 92.2 Å². The van der Waals surface area contributed by atoms with Gasteiger partial charge in [-0.25, -0.2) is 9.18 Å². The standard InChI is InChI=1S/C29H28FN7O2/c1-29(2,3)39-28(38)35-10-8-34(9-11-35)25-13-22-17-36-16-21(20-6-4-19(15-31)5-7-20)12-26(36)27-33-32-18-37(27)24(22)14-23(25)30/h4-7,12-14,16,18H,8-11,17H2,1-3H3. The second-order valence-electron chi connectivity index (χ2n) is 10.8. The first-order valence-corrected chi connectivity index (χ1v) is 12.9. The average Bonchev–Trinajstić information content (AvgIpc) is 3.54. The van der Waals surface area contributed by atoms with Gasteiger partial charge >= 0.3 is 6.09 Å². The van der Waals surface area contributed by atoms with Crippen molar-refractivity contribution in [3.8, 4) is 34.4 Å². The lowest BCUT2D eigenvalue weighted by atomic mass is 10.1. The Labute approximate surface area is 225 Å². The third-order valence-corrected chi connectivity index (χ3v) is 7.04. The predicted molar refractivity (Wildman–Crippen MR) is 144 cm³/mol. The molecule has 198 valence electrons. The number of nitriles is 1. The molecule has 2 aromatic carbocycles. The highest BCUT2D eigenvalue weighted by atomic mass is 19.1. The Kier molecular flexibility index (Phi) is 5.87. The van der Waals surface area contributed by atoms with Gasteiger partial charge in [0, 0.05) is 50.6 Å². The Morgan fingerprint density at radius 3 is 2.46 bits per heavy atom. The van der Waals surface area contributed by atoms with Crippen LogP contribution in [-0.4, -0.2) is 62.1 Å². The smallest absolute Gasteiger partial charge is 0.410 e. The summed E-state index contributed by atoms with van der Waals surface area (Å²) in [7, 11) is 0. The normalized spacial score (nSPS) is 14.6. The van der Waals surface area contributed by atoms with Crippen LogP contribution in [0.25, 0.3) is 28.3 Å². The zero-order valence-corrected chi connectivity index (χ0v) is 22.1. The molecule has 0 saturated carbocycles. The number of ether oxygens (including phenoxy) is 1. The first-order chi connectivity index (χ1) is 18.7. The van der Waals surface area contributed by atoms with Gasteiger partial charge in [0.1, 0.15) is 17.7 Å². The highest BCUT2D eigenvalue weighted by molar-refractivity contribution is 5.73. The Morgan fingerprint density at radius 2 is 1.77 bits per heavy atom. The fraction of sp³-hybridized carbons (Fsp3) is 0.310. The van der Waals surface area contributed by atoms with E-state index in [1.54, 1.807) is 29.4 Å². The van der Waals surface area contributed by atoms with E-state index >= 15 is 4.39 Å². The molecular formula is C29H28FN7O2. The SMILES string of the molecule is CC(C)(C)OC(=O)N1CCN(c2cc3c(cc2F)-n2cnnc2-c2cc(-c4ccc(C#N)cc4)cn2C3)CC1. The number of carbonyl (C=O) groups is 1. The summed E-state index contributed by atoms with van der Waals surface area (Å²) in [6.45, 7) is 7.97. The van der Waals surface area contributed by atoms with Crippen molar-refractivity contribution >= 4 is 11.8 Å². The van der Waals surface area contributed by atoms with Crippen molar-refractivity contribution in [2.75, 3.05) is 31.1 Å². The first kappa shape index (κ1) is 24.7. The van der Waals surface area contributed by atoms with E-state index in [0.29, 0.717) is 55.5 Å². The fourth-order valence-corrected chi connectivity index (χ4v) is 5.14. The predicted octanol–water partition coefficient (Wildman–Crippen LogP) is 4.83. The van der Waals surface area contributed by atoms with E-state index < -0.39 is 5.60 Å². The van der Waals surface area contributed by atoms with Crippen LogP contribution >= 0.6 is 0 Å². The minimum absolute atomic E-state index is 0.330. The number of fused-ring (bicyclic) bond motifs is 5. The lowest BCUT2D eigenvalue weighted by Gasteiger charge is -2.37. The fourth-order valence-electron chi connectivity index (χ4n) is 5.14. The molecule has 1 saturated heterocycles. The molecule has 0 spiro atoms. The first-order valence-electron chi connectivity index (χ1n) is 12.9. The molecule has 2 aliphatic rings. The largest absolute Gasteiger partial charge is 0.444 e. The van der Waals surface area contributed by atoms with Crippen LogP contribution in [0.5, 0.6) is 0 Å². The summed E-state index contributed by atoms with van der Waals surface area (Å²) in [6, 6.07) is 15.1. The quantitative estimate of drug-likeness (QED) is 0.328. The van der Waals surface area contributed by atoms with Gasteiger partial charge in [-0.2, -0.15) is 5.26 Å². The Balaban J connectivity index is 1.30. The number of amides is 1. The molecule has 0 unspecified atom stereocenters. The molecule has 4 heterocycles. The Morgan fingerprint density at radius 1 is 1.03 bits per heavy atom. The van der Waals surface area contributed by atoms with Crippen LogP contribution in [0.2, 0.25) is 0 Å². The van der Waals surface area contributed by atoms with Crippen LogP contribution in [0, 0.1) is 17.1 Å². The molecule has 4 aromatic rings. The lowest BCUT2D eigenvalue weighted by Crippen LogP contribution is -2.50. The third kappa shape index (κ3) is 4.61. The Bertz CT molecular complexity index is 1600. The van der Waals surface area contributed by atoms with Crippen LogP contribution in [0.15, 0.2) is 55.0 Å². The van der Waals surface area contributed by atoms with Crippen molar-refractivity contribution in [3.05, 3.63) is 71.9 Å². The number of piperazine rings is 1. The Hall–Kier alpha value is -4.65. The van der Waals surface area contributed by atoms with Crippen molar-refractivity contribution in [3.63, 3.8) is 0 Å². The minimum Gasteiger partial charge on any atom is -0.444 e. The molecule has 0 N–H and O–H groups in total. The molecule has 2 aliphatic heterocycles. The molecule has 10 heteroatoms. The second kappa shape index (κ2) is 9.27. The van der Waals surface area contributed by atoms with Gasteiger partial charge in [0.15, 0.2) is 5.82 Å². The molecule has 1 amide bonds. The maximum Gasteiger partial charge on any atom is 0.410 e. The summed E-state index contributed by atoms with van der Waals surface area (Å²) in [5.74, 6) is 0.302. The van der Waals surface area contributed by atoms with E-state index in [1.807, 2.05) is 60.7 Å². The number of halogens is 1. The van der Waals surface area contributed by atoms with Gasteiger partial charge in [-0.1, -0.05) is 12.1 Å². The van der Waals surface area contributed by atoms with Crippen molar-refractivity contribution in [1.82, 2.24) is 24.2 Å². The van der Waals surface area contributed by atoms with Crippen LogP contribution in [0.3, 0.4) is 0 Å². The summed E-state index contributed by atoms with van der Waals surface area (Å²) in [5.41, 5.74) is 5.04. The van der Waals surface area contributed by atoms with E-state index in [0.717, 1.165) is 22.4 Å². The van der Waals surface area contributed by atoms with Gasteiger partial charge < -0.3 is 19.1 Å².